The highest BCUT2D eigenvalue weighted by Crippen LogP contribution is 2.28. The van der Waals surface area contributed by atoms with E-state index in [2.05, 4.69) is 0 Å². The Morgan fingerprint density at radius 3 is 2.17 bits per heavy atom. The van der Waals surface area contributed by atoms with E-state index in [0.717, 1.165) is 18.2 Å². The molecule has 2 rings (SSSR count). The number of carboxylic acids is 1. The Balaban J connectivity index is 1.93. The summed E-state index contributed by atoms with van der Waals surface area (Å²) in [5.41, 5.74) is 0. The summed E-state index contributed by atoms with van der Waals surface area (Å²) in [6.07, 6.45) is 2.10. The number of aliphatic carboxylic acids is 1. The van der Waals surface area contributed by atoms with Gasteiger partial charge < -0.3 is 9.84 Å². The molecule has 0 spiro atoms. The SMILES string of the molecule is O=C(O)C1CCC(Oc2cc(F)cc(F)c2)CC1. The highest BCUT2D eigenvalue weighted by molar-refractivity contribution is 5.70. The second kappa shape index (κ2) is 5.33. The average molecular weight is 256 g/mol. The molecule has 0 bridgehead atoms. The normalized spacial score (nSPS) is 23.7. The molecule has 1 aliphatic carbocycles. The highest BCUT2D eigenvalue weighted by Gasteiger charge is 2.26. The van der Waals surface area contributed by atoms with Gasteiger partial charge in [-0.05, 0) is 25.7 Å². The summed E-state index contributed by atoms with van der Waals surface area (Å²) in [5, 5.41) is 8.85. The Bertz CT molecular complexity index is 420. The lowest BCUT2D eigenvalue weighted by Gasteiger charge is -2.26. The molecule has 1 fully saturated rings. The van der Waals surface area contributed by atoms with E-state index < -0.39 is 17.6 Å². The summed E-state index contributed by atoms with van der Waals surface area (Å²) in [5.74, 6) is -2.31. The number of carboxylic acid groups (broad SMARTS) is 1. The van der Waals surface area contributed by atoms with E-state index in [1.807, 2.05) is 0 Å². The molecule has 0 amide bonds. The van der Waals surface area contributed by atoms with Crippen LogP contribution in [0, 0.1) is 17.6 Å². The predicted molar refractivity (Wildman–Crippen MR) is 60.4 cm³/mol. The number of hydrogen-bond acceptors (Lipinski definition) is 2. The predicted octanol–water partition coefficient (Wildman–Crippen LogP) is 2.99. The molecular formula is C13H14F2O3. The topological polar surface area (TPSA) is 46.5 Å². The van der Waals surface area contributed by atoms with Crippen LogP contribution in [0.2, 0.25) is 0 Å². The fourth-order valence-electron chi connectivity index (χ4n) is 2.22. The highest BCUT2D eigenvalue weighted by atomic mass is 19.1. The quantitative estimate of drug-likeness (QED) is 0.904. The molecule has 0 saturated heterocycles. The summed E-state index contributed by atoms with van der Waals surface area (Å²) in [6, 6.07) is 3.05. The summed E-state index contributed by atoms with van der Waals surface area (Å²) >= 11 is 0. The van der Waals surface area contributed by atoms with E-state index in [9.17, 15) is 13.6 Å². The van der Waals surface area contributed by atoms with E-state index in [1.165, 1.54) is 0 Å². The molecule has 18 heavy (non-hydrogen) atoms. The minimum Gasteiger partial charge on any atom is -0.490 e. The Kier molecular flexibility index (Phi) is 3.79. The van der Waals surface area contributed by atoms with Gasteiger partial charge in [0.15, 0.2) is 0 Å². The van der Waals surface area contributed by atoms with Crippen LogP contribution in [0.5, 0.6) is 5.75 Å². The maximum Gasteiger partial charge on any atom is 0.306 e. The average Bonchev–Trinajstić information content (AvgIpc) is 2.28. The molecule has 1 N–H and O–H groups in total. The van der Waals surface area contributed by atoms with Gasteiger partial charge in [0.25, 0.3) is 0 Å². The van der Waals surface area contributed by atoms with Gasteiger partial charge in [-0.1, -0.05) is 0 Å². The standard InChI is InChI=1S/C13H14F2O3/c14-9-5-10(15)7-12(6-9)18-11-3-1-8(2-4-11)13(16)17/h5-8,11H,1-4H2,(H,16,17). The van der Waals surface area contributed by atoms with Gasteiger partial charge in [-0.2, -0.15) is 0 Å². The lowest BCUT2D eigenvalue weighted by atomic mass is 9.87. The minimum atomic E-state index is -0.787. The molecule has 98 valence electrons. The molecule has 0 aromatic heterocycles. The largest absolute Gasteiger partial charge is 0.490 e. The zero-order valence-electron chi connectivity index (χ0n) is 9.73. The maximum atomic E-state index is 13.0. The van der Waals surface area contributed by atoms with Gasteiger partial charge in [-0.3, -0.25) is 4.79 Å². The van der Waals surface area contributed by atoms with Crippen molar-refractivity contribution in [3.8, 4) is 5.75 Å². The van der Waals surface area contributed by atoms with Crippen LogP contribution in [0.25, 0.3) is 0 Å². The maximum absolute atomic E-state index is 13.0. The van der Waals surface area contributed by atoms with Crippen LogP contribution < -0.4 is 4.74 Å². The van der Waals surface area contributed by atoms with Crippen LogP contribution in [0.15, 0.2) is 18.2 Å². The fourth-order valence-corrected chi connectivity index (χ4v) is 2.22. The number of carbonyl (C=O) groups is 1. The van der Waals surface area contributed by atoms with Crippen LogP contribution >= 0.6 is 0 Å². The van der Waals surface area contributed by atoms with Crippen molar-refractivity contribution >= 4 is 5.97 Å². The zero-order chi connectivity index (χ0) is 13.1. The van der Waals surface area contributed by atoms with Crippen molar-refractivity contribution in [3.05, 3.63) is 29.8 Å². The molecule has 0 unspecified atom stereocenters. The molecule has 1 saturated carbocycles. The summed E-state index contributed by atoms with van der Waals surface area (Å²) < 4.78 is 31.4. The fraction of sp³-hybridized carbons (Fsp3) is 0.462. The van der Waals surface area contributed by atoms with Crippen molar-refractivity contribution < 1.29 is 23.4 Å². The van der Waals surface area contributed by atoms with Crippen molar-refractivity contribution in [2.75, 3.05) is 0 Å². The van der Waals surface area contributed by atoms with E-state index in [4.69, 9.17) is 9.84 Å². The van der Waals surface area contributed by atoms with Gasteiger partial charge in [-0.25, -0.2) is 8.78 Å². The van der Waals surface area contributed by atoms with Gasteiger partial charge >= 0.3 is 5.97 Å². The van der Waals surface area contributed by atoms with Crippen LogP contribution in [-0.4, -0.2) is 17.2 Å². The van der Waals surface area contributed by atoms with Crippen LogP contribution in [0.3, 0.4) is 0 Å². The third-order valence-electron chi connectivity index (χ3n) is 3.16. The number of benzene rings is 1. The summed E-state index contributed by atoms with van der Waals surface area (Å²) in [6.45, 7) is 0. The lowest BCUT2D eigenvalue weighted by Crippen LogP contribution is -2.27. The van der Waals surface area contributed by atoms with Gasteiger partial charge in [0.2, 0.25) is 0 Å². The first-order valence-corrected chi connectivity index (χ1v) is 5.90. The zero-order valence-corrected chi connectivity index (χ0v) is 9.73. The summed E-state index contributed by atoms with van der Waals surface area (Å²) in [7, 11) is 0. The van der Waals surface area contributed by atoms with Crippen molar-refractivity contribution in [3.63, 3.8) is 0 Å². The molecule has 0 radical (unpaired) electrons. The molecule has 1 aromatic carbocycles. The number of hydrogen-bond donors (Lipinski definition) is 1. The molecule has 0 aliphatic heterocycles. The first kappa shape index (κ1) is 12.8. The first-order valence-electron chi connectivity index (χ1n) is 5.90. The van der Waals surface area contributed by atoms with Gasteiger partial charge in [0.1, 0.15) is 17.4 Å². The molecule has 1 aliphatic rings. The third-order valence-corrected chi connectivity index (χ3v) is 3.16. The number of rotatable bonds is 3. The van der Waals surface area contributed by atoms with Crippen molar-refractivity contribution in [1.29, 1.82) is 0 Å². The van der Waals surface area contributed by atoms with Crippen molar-refractivity contribution in [2.24, 2.45) is 5.92 Å². The Morgan fingerprint density at radius 1 is 1.11 bits per heavy atom. The smallest absolute Gasteiger partial charge is 0.306 e. The number of ether oxygens (including phenoxy) is 1. The molecule has 0 atom stereocenters. The van der Waals surface area contributed by atoms with Crippen molar-refractivity contribution in [1.82, 2.24) is 0 Å². The molecule has 0 heterocycles. The first-order chi connectivity index (χ1) is 8.54. The van der Waals surface area contributed by atoms with E-state index in [0.29, 0.717) is 25.7 Å². The number of halogens is 2. The Labute approximate surface area is 103 Å². The van der Waals surface area contributed by atoms with Crippen LogP contribution in [-0.2, 0) is 4.79 Å². The second-order valence-corrected chi connectivity index (χ2v) is 4.53. The Hall–Kier alpha value is -1.65. The monoisotopic (exact) mass is 256 g/mol. The molecular weight excluding hydrogens is 242 g/mol. The molecule has 5 heteroatoms. The molecule has 1 aromatic rings. The van der Waals surface area contributed by atoms with E-state index in [1.54, 1.807) is 0 Å². The van der Waals surface area contributed by atoms with E-state index >= 15 is 0 Å². The lowest BCUT2D eigenvalue weighted by molar-refractivity contribution is -0.143. The van der Waals surface area contributed by atoms with Crippen LogP contribution in [0.4, 0.5) is 8.78 Å². The third kappa shape index (κ3) is 3.18. The van der Waals surface area contributed by atoms with Gasteiger partial charge in [0, 0.05) is 18.2 Å². The summed E-state index contributed by atoms with van der Waals surface area (Å²) in [4.78, 5) is 10.8. The van der Waals surface area contributed by atoms with E-state index in [-0.39, 0.29) is 17.8 Å². The minimum absolute atomic E-state index is 0.159. The second-order valence-electron chi connectivity index (χ2n) is 4.53. The van der Waals surface area contributed by atoms with Crippen molar-refractivity contribution in [2.45, 2.75) is 31.8 Å². The van der Waals surface area contributed by atoms with Gasteiger partial charge in [0.05, 0.1) is 12.0 Å². The molecule has 3 nitrogen and oxygen atoms in total. The van der Waals surface area contributed by atoms with Crippen LogP contribution in [0.1, 0.15) is 25.7 Å². The Morgan fingerprint density at radius 2 is 1.67 bits per heavy atom. The van der Waals surface area contributed by atoms with Gasteiger partial charge in [-0.15, -0.1) is 0 Å².